The van der Waals surface area contributed by atoms with E-state index in [2.05, 4.69) is 5.32 Å². The van der Waals surface area contributed by atoms with E-state index in [1.54, 1.807) is 0 Å². The van der Waals surface area contributed by atoms with E-state index in [9.17, 15) is 4.79 Å². The van der Waals surface area contributed by atoms with Crippen LogP contribution in [0.3, 0.4) is 0 Å². The lowest BCUT2D eigenvalue weighted by Crippen LogP contribution is -2.26. The van der Waals surface area contributed by atoms with Crippen molar-refractivity contribution in [2.75, 3.05) is 19.8 Å². The Morgan fingerprint density at radius 1 is 1.47 bits per heavy atom. The van der Waals surface area contributed by atoms with Crippen LogP contribution in [0.2, 0.25) is 0 Å². The number of aryl methyl sites for hydroxylation is 1. The number of amides is 1. The third-order valence-electron chi connectivity index (χ3n) is 2.24. The van der Waals surface area contributed by atoms with E-state index in [0.717, 1.165) is 11.3 Å². The van der Waals surface area contributed by atoms with Gasteiger partial charge in [-0.3, -0.25) is 4.79 Å². The highest BCUT2D eigenvalue weighted by Crippen LogP contribution is 2.12. The Balaban J connectivity index is 2.17. The van der Waals surface area contributed by atoms with E-state index in [4.69, 9.17) is 9.84 Å². The fraction of sp³-hybridized carbons (Fsp3) is 0.462. The SMILES string of the molecule is Cc1cccc(OCCC(=O)NCCCO)c1. The number of ether oxygens (including phenoxy) is 1. The predicted octanol–water partition coefficient (Wildman–Crippen LogP) is 1.26. The summed E-state index contributed by atoms with van der Waals surface area (Å²) >= 11 is 0. The van der Waals surface area contributed by atoms with Gasteiger partial charge in [-0.15, -0.1) is 0 Å². The van der Waals surface area contributed by atoms with Crippen LogP contribution >= 0.6 is 0 Å². The second-order valence-electron chi connectivity index (χ2n) is 3.84. The van der Waals surface area contributed by atoms with Crippen LogP contribution in [-0.2, 0) is 4.79 Å². The second-order valence-corrected chi connectivity index (χ2v) is 3.84. The summed E-state index contributed by atoms with van der Waals surface area (Å²) in [6.45, 7) is 2.97. The molecule has 4 nitrogen and oxygen atoms in total. The molecule has 4 heteroatoms. The lowest BCUT2D eigenvalue weighted by Gasteiger charge is -2.07. The Morgan fingerprint density at radius 2 is 2.29 bits per heavy atom. The van der Waals surface area contributed by atoms with Crippen molar-refractivity contribution in [3.8, 4) is 5.75 Å². The van der Waals surface area contributed by atoms with Gasteiger partial charge in [0.1, 0.15) is 5.75 Å². The molecule has 0 atom stereocenters. The maximum Gasteiger partial charge on any atom is 0.223 e. The minimum Gasteiger partial charge on any atom is -0.493 e. The molecule has 0 aromatic heterocycles. The van der Waals surface area contributed by atoms with Crippen LogP contribution in [0.25, 0.3) is 0 Å². The van der Waals surface area contributed by atoms with Gasteiger partial charge in [0.15, 0.2) is 0 Å². The molecule has 2 N–H and O–H groups in total. The zero-order valence-electron chi connectivity index (χ0n) is 10.1. The molecule has 0 radical (unpaired) electrons. The topological polar surface area (TPSA) is 58.6 Å². The summed E-state index contributed by atoms with van der Waals surface area (Å²) < 4.78 is 5.45. The lowest BCUT2D eigenvalue weighted by molar-refractivity contribution is -0.121. The lowest BCUT2D eigenvalue weighted by atomic mass is 10.2. The smallest absolute Gasteiger partial charge is 0.223 e. The van der Waals surface area contributed by atoms with Crippen molar-refractivity contribution in [2.45, 2.75) is 19.8 Å². The number of aliphatic hydroxyl groups is 1. The zero-order valence-corrected chi connectivity index (χ0v) is 10.1. The number of rotatable bonds is 7. The van der Waals surface area contributed by atoms with Gasteiger partial charge in [0.25, 0.3) is 0 Å². The van der Waals surface area contributed by atoms with E-state index in [1.807, 2.05) is 31.2 Å². The molecule has 1 aromatic rings. The first-order chi connectivity index (χ1) is 8.22. The van der Waals surface area contributed by atoms with Gasteiger partial charge in [-0.25, -0.2) is 0 Å². The molecule has 0 aliphatic carbocycles. The number of benzene rings is 1. The summed E-state index contributed by atoms with van der Waals surface area (Å²) in [6, 6.07) is 7.72. The molecule has 0 fully saturated rings. The molecule has 0 saturated heterocycles. The molecule has 0 unspecified atom stereocenters. The van der Waals surface area contributed by atoms with Crippen LogP contribution in [0.4, 0.5) is 0 Å². The van der Waals surface area contributed by atoms with Crippen molar-refractivity contribution in [1.82, 2.24) is 5.32 Å². The summed E-state index contributed by atoms with van der Waals surface area (Å²) in [6.07, 6.45) is 0.920. The molecule has 0 bridgehead atoms. The number of carbonyl (C=O) groups is 1. The number of hydrogen-bond donors (Lipinski definition) is 2. The molecule has 94 valence electrons. The average Bonchev–Trinajstić information content (AvgIpc) is 2.29. The number of carbonyl (C=O) groups excluding carboxylic acids is 1. The summed E-state index contributed by atoms with van der Waals surface area (Å²) in [5, 5.41) is 11.3. The van der Waals surface area contributed by atoms with Crippen molar-refractivity contribution < 1.29 is 14.6 Å². The van der Waals surface area contributed by atoms with Gasteiger partial charge in [-0.1, -0.05) is 12.1 Å². The largest absolute Gasteiger partial charge is 0.493 e. The number of nitrogens with one attached hydrogen (secondary N) is 1. The normalized spacial score (nSPS) is 10.0. The average molecular weight is 237 g/mol. The number of aliphatic hydroxyl groups excluding tert-OH is 1. The molecular formula is C13H19NO3. The Kier molecular flexibility index (Phi) is 6.10. The van der Waals surface area contributed by atoms with Gasteiger partial charge < -0.3 is 15.2 Å². The van der Waals surface area contributed by atoms with E-state index in [0.29, 0.717) is 26.0 Å². The van der Waals surface area contributed by atoms with Gasteiger partial charge in [0.05, 0.1) is 13.0 Å². The quantitative estimate of drug-likeness (QED) is 0.702. The molecular weight excluding hydrogens is 218 g/mol. The Labute approximate surface area is 102 Å². The van der Waals surface area contributed by atoms with Crippen LogP contribution < -0.4 is 10.1 Å². The van der Waals surface area contributed by atoms with Gasteiger partial charge in [-0.05, 0) is 31.0 Å². The highest BCUT2D eigenvalue weighted by Gasteiger charge is 2.01. The standard InChI is InChI=1S/C13H19NO3/c1-11-4-2-5-12(10-11)17-9-6-13(16)14-7-3-8-15/h2,4-5,10,15H,3,6-9H2,1H3,(H,14,16). The summed E-state index contributed by atoms with van der Waals surface area (Å²) in [5.74, 6) is 0.735. The monoisotopic (exact) mass is 237 g/mol. The first-order valence-corrected chi connectivity index (χ1v) is 5.79. The summed E-state index contributed by atoms with van der Waals surface area (Å²) in [4.78, 5) is 11.3. The van der Waals surface area contributed by atoms with Crippen LogP contribution in [0, 0.1) is 6.92 Å². The van der Waals surface area contributed by atoms with Crippen LogP contribution in [0.15, 0.2) is 24.3 Å². The summed E-state index contributed by atoms with van der Waals surface area (Å²) in [7, 11) is 0. The molecule has 1 amide bonds. The van der Waals surface area contributed by atoms with Gasteiger partial charge in [0, 0.05) is 13.2 Å². The predicted molar refractivity (Wildman–Crippen MR) is 66.0 cm³/mol. The first kappa shape index (κ1) is 13.5. The molecule has 0 saturated carbocycles. The van der Waals surface area contributed by atoms with Gasteiger partial charge in [-0.2, -0.15) is 0 Å². The first-order valence-electron chi connectivity index (χ1n) is 5.79. The van der Waals surface area contributed by atoms with Gasteiger partial charge >= 0.3 is 0 Å². The third-order valence-corrected chi connectivity index (χ3v) is 2.24. The minimum absolute atomic E-state index is 0.0499. The molecule has 1 rings (SSSR count). The maximum absolute atomic E-state index is 11.3. The molecule has 0 spiro atoms. The van der Waals surface area contributed by atoms with Crippen LogP contribution in [0.5, 0.6) is 5.75 Å². The Hall–Kier alpha value is -1.55. The number of hydrogen-bond acceptors (Lipinski definition) is 3. The van der Waals surface area contributed by atoms with Crippen molar-refractivity contribution in [3.05, 3.63) is 29.8 Å². The third kappa shape index (κ3) is 5.92. The molecule has 0 heterocycles. The molecule has 17 heavy (non-hydrogen) atoms. The van der Waals surface area contributed by atoms with Gasteiger partial charge in [0.2, 0.25) is 5.91 Å². The highest BCUT2D eigenvalue weighted by molar-refractivity contribution is 5.75. The van der Waals surface area contributed by atoms with Crippen molar-refractivity contribution in [1.29, 1.82) is 0 Å². The Bertz CT molecular complexity index is 352. The minimum atomic E-state index is -0.0499. The van der Waals surface area contributed by atoms with Crippen molar-refractivity contribution in [2.24, 2.45) is 0 Å². The van der Waals surface area contributed by atoms with Crippen molar-refractivity contribution >= 4 is 5.91 Å². The molecule has 0 aliphatic heterocycles. The van der Waals surface area contributed by atoms with E-state index in [-0.39, 0.29) is 12.5 Å². The Morgan fingerprint density at radius 3 is 3.00 bits per heavy atom. The van der Waals surface area contributed by atoms with Crippen LogP contribution in [-0.4, -0.2) is 30.8 Å². The van der Waals surface area contributed by atoms with E-state index >= 15 is 0 Å². The zero-order chi connectivity index (χ0) is 12.5. The van der Waals surface area contributed by atoms with Crippen molar-refractivity contribution in [3.63, 3.8) is 0 Å². The fourth-order valence-electron chi connectivity index (χ4n) is 1.36. The summed E-state index contributed by atoms with van der Waals surface area (Å²) in [5.41, 5.74) is 1.13. The maximum atomic E-state index is 11.3. The fourth-order valence-corrected chi connectivity index (χ4v) is 1.36. The van der Waals surface area contributed by atoms with Crippen LogP contribution in [0.1, 0.15) is 18.4 Å². The van der Waals surface area contributed by atoms with E-state index < -0.39 is 0 Å². The highest BCUT2D eigenvalue weighted by atomic mass is 16.5. The second kappa shape index (κ2) is 7.68. The molecule has 1 aromatic carbocycles. The molecule has 0 aliphatic rings. The van der Waals surface area contributed by atoms with E-state index in [1.165, 1.54) is 0 Å².